The molecule has 3 aliphatic carbocycles. The molecule has 1 atom stereocenters. The Hall–Kier alpha value is -1.81. The predicted octanol–water partition coefficient (Wildman–Crippen LogP) is 4.55. The lowest BCUT2D eigenvalue weighted by Gasteiger charge is -2.18. The van der Waals surface area contributed by atoms with E-state index in [9.17, 15) is 14.1 Å². The fourth-order valence-electron chi connectivity index (χ4n) is 4.30. The molecule has 4 N–H and O–H groups in total. The Bertz CT molecular complexity index is 1180. The normalized spacial score (nSPS) is 20.3. The number of hydrogen-bond acceptors (Lipinski definition) is 5. The monoisotopic (exact) mass is 460 g/mol. The number of aryl methyl sites for hydroxylation is 1. The van der Waals surface area contributed by atoms with Gasteiger partial charge in [0.15, 0.2) is 9.92 Å². The zero-order valence-electron chi connectivity index (χ0n) is 17.8. The summed E-state index contributed by atoms with van der Waals surface area (Å²) in [7, 11) is -3.41. The van der Waals surface area contributed by atoms with Crippen molar-refractivity contribution >= 4 is 33.0 Å². The van der Waals surface area contributed by atoms with Gasteiger partial charge < -0.3 is 10.4 Å². The number of pyridine rings is 1. The van der Waals surface area contributed by atoms with Gasteiger partial charge in [0.05, 0.1) is 11.3 Å². The SMILES string of the molecule is CC(C)(O)c1csc([S@](N)(=O)=NC(=O)Nc2c3c(nc(C4CC4)c2C2CC2)CCC3)c1. The van der Waals surface area contributed by atoms with Crippen molar-refractivity contribution in [2.45, 2.75) is 80.4 Å². The van der Waals surface area contributed by atoms with E-state index in [1.807, 2.05) is 0 Å². The number of nitrogens with two attached hydrogens (primary N) is 1. The van der Waals surface area contributed by atoms with Gasteiger partial charge in [-0.25, -0.2) is 14.1 Å². The number of fused-ring (bicyclic) bond motifs is 1. The van der Waals surface area contributed by atoms with Gasteiger partial charge >= 0.3 is 6.03 Å². The molecule has 0 spiro atoms. The molecule has 2 aromatic rings. The molecular formula is C22H28N4O3S2. The minimum absolute atomic E-state index is 0.279. The van der Waals surface area contributed by atoms with E-state index in [-0.39, 0.29) is 4.21 Å². The van der Waals surface area contributed by atoms with Gasteiger partial charge in [-0.2, -0.15) is 0 Å². The highest BCUT2D eigenvalue weighted by atomic mass is 32.2. The van der Waals surface area contributed by atoms with Crippen molar-refractivity contribution in [3.8, 4) is 0 Å². The van der Waals surface area contributed by atoms with E-state index in [1.165, 1.54) is 5.56 Å². The first-order valence-electron chi connectivity index (χ1n) is 10.9. The van der Waals surface area contributed by atoms with Gasteiger partial charge in [-0.15, -0.1) is 15.7 Å². The average molecular weight is 461 g/mol. The average Bonchev–Trinajstić information content (AvgIpc) is 3.58. The van der Waals surface area contributed by atoms with Crippen LogP contribution in [0.25, 0.3) is 0 Å². The van der Waals surface area contributed by atoms with E-state index >= 15 is 0 Å². The maximum absolute atomic E-state index is 13.0. The molecule has 2 amide bonds. The van der Waals surface area contributed by atoms with Crippen LogP contribution in [0.15, 0.2) is 20.0 Å². The molecular weight excluding hydrogens is 432 g/mol. The van der Waals surface area contributed by atoms with E-state index in [0.29, 0.717) is 17.4 Å². The Balaban J connectivity index is 1.49. The van der Waals surface area contributed by atoms with Crippen LogP contribution in [0.2, 0.25) is 0 Å². The van der Waals surface area contributed by atoms with Crippen LogP contribution in [0.1, 0.15) is 85.9 Å². The molecule has 0 saturated heterocycles. The van der Waals surface area contributed by atoms with Gasteiger partial charge in [0.25, 0.3) is 0 Å². The smallest absolute Gasteiger partial charge is 0.354 e. The minimum atomic E-state index is -3.41. The minimum Gasteiger partial charge on any atom is -0.386 e. The number of aliphatic hydroxyl groups is 1. The van der Waals surface area contributed by atoms with Gasteiger partial charge in [0.2, 0.25) is 0 Å². The fourth-order valence-corrected chi connectivity index (χ4v) is 6.58. The molecule has 0 aromatic carbocycles. The van der Waals surface area contributed by atoms with Gasteiger partial charge in [0, 0.05) is 22.9 Å². The zero-order valence-corrected chi connectivity index (χ0v) is 19.4. The molecule has 3 aliphatic rings. The second kappa shape index (κ2) is 7.37. The number of rotatable bonds is 5. The molecule has 166 valence electrons. The van der Waals surface area contributed by atoms with E-state index in [4.69, 9.17) is 10.1 Å². The number of hydrogen-bond donors (Lipinski definition) is 3. The van der Waals surface area contributed by atoms with Crippen LogP contribution >= 0.6 is 11.3 Å². The van der Waals surface area contributed by atoms with Crippen LogP contribution in [0.4, 0.5) is 10.5 Å². The number of amides is 2. The lowest BCUT2D eigenvalue weighted by atomic mass is 9.98. The second-order valence-electron chi connectivity index (χ2n) is 9.42. The van der Waals surface area contributed by atoms with Crippen LogP contribution in [0.5, 0.6) is 0 Å². The third-order valence-corrected chi connectivity index (χ3v) is 9.12. The number of thiophene rings is 1. The van der Waals surface area contributed by atoms with Crippen LogP contribution < -0.4 is 10.5 Å². The van der Waals surface area contributed by atoms with Gasteiger partial charge in [0.1, 0.15) is 4.21 Å². The first-order chi connectivity index (χ1) is 14.6. The summed E-state index contributed by atoms with van der Waals surface area (Å²) in [6.07, 6.45) is 7.39. The first-order valence-corrected chi connectivity index (χ1v) is 13.3. The summed E-state index contributed by atoms with van der Waals surface area (Å²) in [6.45, 7) is 3.28. The Morgan fingerprint density at radius 3 is 2.61 bits per heavy atom. The molecule has 2 aromatic heterocycles. The lowest BCUT2D eigenvalue weighted by molar-refractivity contribution is 0.0789. The molecule has 0 aliphatic heterocycles. The van der Waals surface area contributed by atoms with Crippen molar-refractivity contribution < 1.29 is 14.1 Å². The van der Waals surface area contributed by atoms with Gasteiger partial charge in [-0.3, -0.25) is 4.98 Å². The summed E-state index contributed by atoms with van der Waals surface area (Å²) in [5.41, 5.74) is 4.89. The fraction of sp³-hybridized carbons (Fsp3) is 0.545. The van der Waals surface area contributed by atoms with Crippen molar-refractivity contribution in [1.29, 1.82) is 0 Å². The summed E-state index contributed by atoms with van der Waals surface area (Å²) < 4.78 is 17.2. The highest BCUT2D eigenvalue weighted by Crippen LogP contribution is 2.53. The lowest BCUT2D eigenvalue weighted by Crippen LogP contribution is -2.19. The third kappa shape index (κ3) is 4.16. The van der Waals surface area contributed by atoms with Crippen LogP contribution in [0, 0.1) is 0 Å². The molecule has 2 saturated carbocycles. The van der Waals surface area contributed by atoms with Gasteiger partial charge in [-0.1, -0.05) is 0 Å². The maximum atomic E-state index is 13.0. The van der Waals surface area contributed by atoms with Crippen LogP contribution in [0.3, 0.4) is 0 Å². The molecule has 2 heterocycles. The Labute approximate surface area is 186 Å². The summed E-state index contributed by atoms with van der Waals surface area (Å²) in [5.74, 6) is 0.942. The van der Waals surface area contributed by atoms with Crippen molar-refractivity contribution in [2.24, 2.45) is 9.50 Å². The topological polar surface area (TPSA) is 118 Å². The number of urea groups is 1. The van der Waals surface area contributed by atoms with Crippen molar-refractivity contribution in [3.63, 3.8) is 0 Å². The standard InChI is InChI=1S/C22H28N4O3S2/c1-22(2,28)14-10-17(30-11-14)31(23,29)26-21(27)25-20-15-4-3-5-16(15)24-19(13-8-9-13)18(20)12-6-7-12/h10-13,28H,3-9H2,1-2H3,(H3,23,24,25,26,27,29)/t31-/m1/s1. The quantitative estimate of drug-likeness (QED) is 0.607. The maximum Gasteiger partial charge on any atom is 0.354 e. The van der Waals surface area contributed by atoms with Crippen molar-refractivity contribution in [1.82, 2.24) is 4.98 Å². The summed E-state index contributed by atoms with van der Waals surface area (Å²) in [5, 5.41) is 20.8. The molecule has 7 nitrogen and oxygen atoms in total. The molecule has 9 heteroatoms. The number of aromatic nitrogens is 1. The van der Waals surface area contributed by atoms with E-state index in [1.54, 1.807) is 25.3 Å². The van der Waals surface area contributed by atoms with Gasteiger partial charge in [-0.05, 0) is 87.3 Å². The molecule has 31 heavy (non-hydrogen) atoms. The zero-order chi connectivity index (χ0) is 22.0. The predicted molar refractivity (Wildman–Crippen MR) is 122 cm³/mol. The number of anilines is 1. The largest absolute Gasteiger partial charge is 0.386 e. The highest BCUT2D eigenvalue weighted by Gasteiger charge is 2.38. The third-order valence-electron chi connectivity index (χ3n) is 6.26. The number of nitrogens with zero attached hydrogens (tertiary/aromatic N) is 2. The van der Waals surface area contributed by atoms with Crippen molar-refractivity contribution in [3.05, 3.63) is 39.5 Å². The Morgan fingerprint density at radius 2 is 2.00 bits per heavy atom. The number of nitrogens with one attached hydrogen (secondary N) is 1. The second-order valence-corrected chi connectivity index (χ2v) is 12.3. The van der Waals surface area contributed by atoms with Crippen LogP contribution in [-0.4, -0.2) is 20.3 Å². The summed E-state index contributed by atoms with van der Waals surface area (Å²) in [6, 6.07) is 0.879. The molecule has 0 unspecified atom stereocenters. The Morgan fingerprint density at radius 1 is 1.29 bits per heavy atom. The molecule has 0 bridgehead atoms. The first kappa shape index (κ1) is 21.1. The van der Waals surface area contributed by atoms with E-state index in [0.717, 1.165) is 78.9 Å². The number of carbonyl (C=O) groups excluding carboxylic acids is 1. The van der Waals surface area contributed by atoms with E-state index < -0.39 is 21.5 Å². The van der Waals surface area contributed by atoms with E-state index in [2.05, 4.69) is 9.68 Å². The number of carbonyl (C=O) groups is 1. The highest BCUT2D eigenvalue weighted by molar-refractivity contribution is 7.93. The molecule has 5 rings (SSSR count). The van der Waals surface area contributed by atoms with Crippen molar-refractivity contribution in [2.75, 3.05) is 5.32 Å². The van der Waals surface area contributed by atoms with Crippen LogP contribution in [-0.2, 0) is 28.4 Å². The molecule has 0 radical (unpaired) electrons. The molecule has 2 fully saturated rings. The Kier molecular flexibility index (Phi) is 5.00. The summed E-state index contributed by atoms with van der Waals surface area (Å²) >= 11 is 1.14. The summed E-state index contributed by atoms with van der Waals surface area (Å²) in [4.78, 5) is 17.9.